The molecule has 0 spiro atoms. The lowest BCUT2D eigenvalue weighted by atomic mass is 10.2. The van der Waals surface area contributed by atoms with E-state index in [-0.39, 0.29) is 53.2 Å². The molecule has 0 saturated carbocycles. The highest BCUT2D eigenvalue weighted by molar-refractivity contribution is 6.18. The summed E-state index contributed by atoms with van der Waals surface area (Å²) in [5.74, 6) is -1.33. The van der Waals surface area contributed by atoms with Gasteiger partial charge in [0.2, 0.25) is 0 Å². The van der Waals surface area contributed by atoms with Crippen LogP contribution in [-0.2, 0) is 28.2 Å². The van der Waals surface area contributed by atoms with Crippen molar-refractivity contribution in [1.29, 1.82) is 5.41 Å². The lowest BCUT2D eigenvalue weighted by Crippen LogP contribution is -2.29. The Morgan fingerprint density at radius 1 is 0.667 bits per heavy atom. The van der Waals surface area contributed by atoms with Crippen molar-refractivity contribution in [3.8, 4) is 0 Å². The number of anilines is 5. The second-order valence-corrected chi connectivity index (χ2v) is 13.5. The average Bonchev–Trinajstić information content (AvgIpc) is 3.92. The third-order valence-corrected chi connectivity index (χ3v) is 8.92. The van der Waals surface area contributed by atoms with Crippen LogP contribution < -0.4 is 37.2 Å². The van der Waals surface area contributed by atoms with Crippen LogP contribution in [-0.4, -0.2) is 95.5 Å². The quantitative estimate of drug-likeness (QED) is 0.0413. The third-order valence-electron chi connectivity index (χ3n) is 8.58. The number of amides is 5. The molecule has 0 aliphatic heterocycles. The molecule has 19 nitrogen and oxygen atoms in total. The van der Waals surface area contributed by atoms with Gasteiger partial charge >= 0.3 is 0 Å². The van der Waals surface area contributed by atoms with Gasteiger partial charge in [0, 0.05) is 102 Å². The number of hydrogen-bond donors (Lipinski definition) is 7. The highest BCUT2D eigenvalue weighted by Crippen LogP contribution is 2.21. The highest BCUT2D eigenvalue weighted by atomic mass is 35.5. The van der Waals surface area contributed by atoms with E-state index < -0.39 is 29.5 Å². The number of nitrogens with two attached hydrogens (primary N) is 1. The SMILES string of the molecule is Cn1cc(NC(=O)c2cc(NC(=O)c3ccc(N(CCCl)CCCl)cc3)nn2C)cc1C(=O)Nc1cc(C(=O)Nc2cc(C(=O)NCCC(=N)N)n(C)n2)n(C)c1. The second-order valence-electron chi connectivity index (χ2n) is 12.8. The Kier molecular flexibility index (Phi) is 13.4. The molecule has 0 bridgehead atoms. The van der Waals surface area contributed by atoms with Crippen LogP contribution >= 0.6 is 23.2 Å². The standard InChI is InChI=1S/C36H42Cl2N14O5/c1-48-20-23(43-36(57)28-18-30(46-51(28)4)44-32(53)21-5-7-24(8-6-21)52(13-10-37)14-11-38)15-25(48)34(55)42-22-16-26(49(2)19-22)35(56)45-31-17-27(50(3)47-31)33(54)41-12-9-29(39)40/h5-8,15-20H,9-14H2,1-4H3,(H3,39,40)(H,41,54)(H,42,55)(H,43,57)(H,44,46,53)(H,45,47,56). The Morgan fingerprint density at radius 3 is 1.61 bits per heavy atom. The van der Waals surface area contributed by atoms with Crippen LogP contribution in [0.15, 0.2) is 60.9 Å². The lowest BCUT2D eigenvalue weighted by molar-refractivity contribution is 0.0942. The van der Waals surface area contributed by atoms with Crippen LogP contribution in [0.2, 0.25) is 0 Å². The van der Waals surface area contributed by atoms with Crippen molar-refractivity contribution < 1.29 is 24.0 Å². The maximum absolute atomic E-state index is 13.3. The molecule has 0 aliphatic rings. The van der Waals surface area contributed by atoms with E-state index in [9.17, 15) is 24.0 Å². The van der Waals surface area contributed by atoms with Gasteiger partial charge in [-0.05, 0) is 36.4 Å². The van der Waals surface area contributed by atoms with E-state index in [1.54, 1.807) is 52.7 Å². The van der Waals surface area contributed by atoms with Gasteiger partial charge in [0.1, 0.15) is 22.8 Å². The number of carbonyl (C=O) groups is 5. The van der Waals surface area contributed by atoms with Gasteiger partial charge in [0.05, 0.1) is 17.2 Å². The number of hydrogen-bond acceptors (Lipinski definition) is 9. The Hall–Kier alpha value is -6.60. The summed E-state index contributed by atoms with van der Waals surface area (Å²) in [6.07, 6.45) is 3.31. The molecule has 4 aromatic heterocycles. The molecule has 0 atom stereocenters. The minimum atomic E-state index is -0.538. The number of halogens is 2. The second kappa shape index (κ2) is 18.4. The molecule has 300 valence electrons. The third kappa shape index (κ3) is 10.4. The molecular formula is C36H42Cl2N14O5. The molecule has 5 amide bonds. The lowest BCUT2D eigenvalue weighted by Gasteiger charge is -2.22. The first kappa shape index (κ1) is 41.6. The number of amidine groups is 1. The molecule has 0 aliphatic carbocycles. The van der Waals surface area contributed by atoms with Crippen molar-refractivity contribution in [3.05, 3.63) is 89.3 Å². The smallest absolute Gasteiger partial charge is 0.274 e. The summed E-state index contributed by atoms with van der Waals surface area (Å²) in [5, 5.41) is 29.2. The number of alkyl halides is 2. The minimum Gasteiger partial charge on any atom is -0.388 e. The Morgan fingerprint density at radius 2 is 1.12 bits per heavy atom. The van der Waals surface area contributed by atoms with Crippen molar-refractivity contribution in [2.24, 2.45) is 33.9 Å². The fourth-order valence-corrected chi connectivity index (χ4v) is 6.17. The van der Waals surface area contributed by atoms with Crippen LogP contribution in [0.4, 0.5) is 28.7 Å². The van der Waals surface area contributed by atoms with Gasteiger partial charge < -0.3 is 46.4 Å². The first-order valence-corrected chi connectivity index (χ1v) is 18.5. The fraction of sp³-hybridized carbons (Fsp3) is 0.278. The van der Waals surface area contributed by atoms with Crippen molar-refractivity contribution in [3.63, 3.8) is 0 Å². The Balaban J connectivity index is 1.17. The molecule has 1 aromatic carbocycles. The van der Waals surface area contributed by atoms with Gasteiger partial charge in [0.15, 0.2) is 11.6 Å². The number of aryl methyl sites for hydroxylation is 4. The summed E-state index contributed by atoms with van der Waals surface area (Å²) in [6, 6.07) is 12.8. The van der Waals surface area contributed by atoms with Crippen LogP contribution in [0.3, 0.4) is 0 Å². The van der Waals surface area contributed by atoms with E-state index in [4.69, 9.17) is 34.3 Å². The van der Waals surface area contributed by atoms with Gasteiger partial charge in [-0.2, -0.15) is 10.2 Å². The number of nitrogens with one attached hydrogen (secondary N) is 6. The van der Waals surface area contributed by atoms with Gasteiger partial charge in [0.25, 0.3) is 29.5 Å². The predicted octanol–water partition coefficient (Wildman–Crippen LogP) is 3.18. The molecule has 5 aromatic rings. The molecule has 0 unspecified atom stereocenters. The maximum Gasteiger partial charge on any atom is 0.274 e. The zero-order valence-electron chi connectivity index (χ0n) is 31.5. The van der Waals surface area contributed by atoms with Crippen molar-refractivity contribution in [2.75, 3.05) is 57.6 Å². The maximum atomic E-state index is 13.3. The molecule has 8 N–H and O–H groups in total. The molecule has 0 radical (unpaired) electrons. The number of aromatic nitrogens is 6. The van der Waals surface area contributed by atoms with Gasteiger partial charge in [-0.25, -0.2) is 0 Å². The van der Waals surface area contributed by atoms with E-state index in [0.717, 1.165) is 5.69 Å². The summed E-state index contributed by atoms with van der Waals surface area (Å²) >= 11 is 11.8. The van der Waals surface area contributed by atoms with E-state index >= 15 is 0 Å². The van der Waals surface area contributed by atoms with Gasteiger partial charge in [-0.1, -0.05) is 0 Å². The van der Waals surface area contributed by atoms with Crippen molar-refractivity contribution >= 4 is 87.3 Å². The topological polar surface area (TPSA) is 244 Å². The van der Waals surface area contributed by atoms with Crippen molar-refractivity contribution in [1.82, 2.24) is 34.0 Å². The largest absolute Gasteiger partial charge is 0.388 e. The zero-order valence-corrected chi connectivity index (χ0v) is 33.0. The Labute approximate surface area is 337 Å². The number of benzene rings is 1. The van der Waals surface area contributed by atoms with Crippen LogP contribution in [0, 0.1) is 5.41 Å². The molecule has 5 rings (SSSR count). The summed E-state index contributed by atoms with van der Waals surface area (Å²) in [4.78, 5) is 67.1. The number of nitrogens with zero attached hydrogens (tertiary/aromatic N) is 7. The number of rotatable bonds is 17. The Bertz CT molecular complexity index is 2300. The van der Waals surface area contributed by atoms with Gasteiger partial charge in [-0.3, -0.25) is 38.7 Å². The van der Waals surface area contributed by atoms with Crippen molar-refractivity contribution in [2.45, 2.75) is 6.42 Å². The average molecular weight is 822 g/mol. The highest BCUT2D eigenvalue weighted by Gasteiger charge is 2.21. The molecular weight excluding hydrogens is 779 g/mol. The first-order valence-electron chi connectivity index (χ1n) is 17.4. The normalized spacial score (nSPS) is 10.8. The van der Waals surface area contributed by atoms with E-state index in [1.807, 2.05) is 17.0 Å². The summed E-state index contributed by atoms with van der Waals surface area (Å²) in [7, 11) is 6.37. The fourth-order valence-electron chi connectivity index (χ4n) is 5.76. The van der Waals surface area contributed by atoms with Crippen LogP contribution in [0.1, 0.15) is 58.7 Å². The molecule has 21 heteroatoms. The molecule has 0 fully saturated rings. The predicted molar refractivity (Wildman–Crippen MR) is 218 cm³/mol. The van der Waals surface area contributed by atoms with Gasteiger partial charge in [-0.15, -0.1) is 23.2 Å². The van der Waals surface area contributed by atoms with E-state index in [2.05, 4.69) is 36.8 Å². The van der Waals surface area contributed by atoms with E-state index in [0.29, 0.717) is 41.8 Å². The molecule has 0 saturated heterocycles. The van der Waals surface area contributed by atoms with E-state index in [1.165, 1.54) is 42.8 Å². The van der Waals surface area contributed by atoms with Crippen LogP contribution in [0.5, 0.6) is 0 Å². The monoisotopic (exact) mass is 820 g/mol. The molecule has 4 heterocycles. The summed E-state index contributed by atoms with van der Waals surface area (Å²) < 4.78 is 5.68. The first-order chi connectivity index (χ1) is 27.2. The summed E-state index contributed by atoms with van der Waals surface area (Å²) in [6.45, 7) is 1.40. The van der Waals surface area contributed by atoms with Crippen LogP contribution in [0.25, 0.3) is 0 Å². The zero-order chi connectivity index (χ0) is 41.4. The number of carbonyl (C=O) groups excluding carboxylic acids is 5. The summed E-state index contributed by atoms with van der Waals surface area (Å²) in [5.41, 5.74) is 7.99. The minimum absolute atomic E-state index is 0.0563. The molecule has 57 heavy (non-hydrogen) atoms.